The van der Waals surface area contributed by atoms with E-state index >= 15 is 0 Å². The topological polar surface area (TPSA) is 64.0 Å². The van der Waals surface area contributed by atoms with Crippen LogP contribution in [0.3, 0.4) is 0 Å². The maximum Gasteiger partial charge on any atom is 0.259 e. The monoisotopic (exact) mass is 383 g/mol. The normalized spacial score (nSPS) is 15.6. The minimum atomic E-state index is -1.04. The molecule has 0 radical (unpaired) electrons. The third kappa shape index (κ3) is 3.19. The lowest BCUT2D eigenvalue weighted by Crippen LogP contribution is -2.18. The molecule has 0 saturated heterocycles. The number of nitrogens with one attached hydrogen (secondary N) is 1. The summed E-state index contributed by atoms with van der Waals surface area (Å²) in [4.78, 5) is 12.7. The van der Waals surface area contributed by atoms with E-state index in [2.05, 4.69) is 10.4 Å². The Hall–Kier alpha value is -2.80. The van der Waals surface area contributed by atoms with Crippen LogP contribution in [0.1, 0.15) is 32.7 Å². The standard InChI is InChI=1S/C20H18FN3O2S/c1-12-7-8-18(13(2)9-12)24-19(15-10-27(26)11-17(15)23-24)22-20(25)14-5-3-4-6-16(14)21/h3-9H,10-11H2,1-2H3,(H,22,25)/t27-/m1/s1. The van der Waals surface area contributed by atoms with Crippen molar-refractivity contribution in [3.63, 3.8) is 0 Å². The number of amides is 1. The molecule has 1 atom stereocenters. The predicted molar refractivity (Wildman–Crippen MR) is 103 cm³/mol. The van der Waals surface area contributed by atoms with Crippen LogP contribution in [-0.4, -0.2) is 19.9 Å². The molecule has 0 saturated carbocycles. The number of rotatable bonds is 3. The van der Waals surface area contributed by atoms with Crippen molar-refractivity contribution in [2.75, 3.05) is 5.32 Å². The summed E-state index contributed by atoms with van der Waals surface area (Å²) in [7, 11) is -1.04. The molecule has 0 fully saturated rings. The fourth-order valence-electron chi connectivity index (χ4n) is 3.29. The molecular weight excluding hydrogens is 365 g/mol. The number of fused-ring (bicyclic) bond motifs is 1. The fourth-order valence-corrected chi connectivity index (χ4v) is 4.56. The van der Waals surface area contributed by atoms with Gasteiger partial charge in [0.15, 0.2) is 0 Å². The Morgan fingerprint density at radius 1 is 1.19 bits per heavy atom. The van der Waals surface area contributed by atoms with Crippen LogP contribution in [-0.2, 0) is 22.3 Å². The van der Waals surface area contributed by atoms with E-state index in [4.69, 9.17) is 0 Å². The third-order valence-corrected chi connectivity index (χ3v) is 5.81. The van der Waals surface area contributed by atoms with Crippen LogP contribution in [0.15, 0.2) is 42.5 Å². The van der Waals surface area contributed by atoms with E-state index in [0.29, 0.717) is 23.0 Å². The van der Waals surface area contributed by atoms with Crippen molar-refractivity contribution < 1.29 is 13.4 Å². The minimum absolute atomic E-state index is 0.0428. The second-order valence-electron chi connectivity index (χ2n) is 6.64. The largest absolute Gasteiger partial charge is 0.306 e. The van der Waals surface area contributed by atoms with E-state index in [1.807, 2.05) is 32.0 Å². The molecule has 1 aliphatic rings. The SMILES string of the molecule is Cc1ccc(-n2nc3c(c2NC(=O)c2ccccc2F)C[S@@](=O)C3)c(C)c1. The summed E-state index contributed by atoms with van der Waals surface area (Å²) in [6, 6.07) is 11.8. The molecule has 2 heterocycles. The van der Waals surface area contributed by atoms with E-state index in [0.717, 1.165) is 22.4 Å². The van der Waals surface area contributed by atoms with E-state index in [9.17, 15) is 13.4 Å². The Kier molecular flexibility index (Phi) is 4.39. The first-order valence-corrected chi connectivity index (χ1v) is 10.0. The number of aryl methyl sites for hydroxylation is 2. The van der Waals surface area contributed by atoms with Gasteiger partial charge in [0.25, 0.3) is 5.91 Å². The number of benzene rings is 2. The minimum Gasteiger partial charge on any atom is -0.306 e. The molecule has 3 aromatic rings. The lowest BCUT2D eigenvalue weighted by molar-refractivity contribution is 0.102. The molecule has 7 heteroatoms. The van der Waals surface area contributed by atoms with Gasteiger partial charge in [-0.3, -0.25) is 9.00 Å². The summed E-state index contributed by atoms with van der Waals surface area (Å²) in [5, 5.41) is 7.38. The van der Waals surface area contributed by atoms with Gasteiger partial charge in [-0.2, -0.15) is 5.10 Å². The van der Waals surface area contributed by atoms with Crippen molar-refractivity contribution in [3.05, 3.63) is 76.2 Å². The van der Waals surface area contributed by atoms with Crippen molar-refractivity contribution in [1.29, 1.82) is 0 Å². The highest BCUT2D eigenvalue weighted by atomic mass is 32.2. The smallest absolute Gasteiger partial charge is 0.259 e. The maximum atomic E-state index is 14.0. The number of anilines is 1. The number of carbonyl (C=O) groups is 1. The number of carbonyl (C=O) groups excluding carboxylic acids is 1. The second kappa shape index (κ2) is 6.74. The Morgan fingerprint density at radius 3 is 2.70 bits per heavy atom. The number of halogens is 1. The number of aromatic nitrogens is 2. The molecule has 2 aromatic carbocycles. The van der Waals surface area contributed by atoms with E-state index in [1.54, 1.807) is 10.7 Å². The number of hydrogen-bond acceptors (Lipinski definition) is 3. The molecule has 27 heavy (non-hydrogen) atoms. The van der Waals surface area contributed by atoms with Gasteiger partial charge in [-0.25, -0.2) is 9.07 Å². The van der Waals surface area contributed by atoms with Gasteiger partial charge in [-0.15, -0.1) is 0 Å². The summed E-state index contributed by atoms with van der Waals surface area (Å²) in [5.41, 5.74) is 4.35. The summed E-state index contributed by atoms with van der Waals surface area (Å²) in [6.07, 6.45) is 0. The van der Waals surface area contributed by atoms with Crippen LogP contribution in [0.25, 0.3) is 5.69 Å². The zero-order valence-electron chi connectivity index (χ0n) is 15.0. The van der Waals surface area contributed by atoms with Crippen LogP contribution in [0.2, 0.25) is 0 Å². The Balaban J connectivity index is 1.80. The summed E-state index contributed by atoms with van der Waals surface area (Å²) in [6.45, 7) is 3.97. The summed E-state index contributed by atoms with van der Waals surface area (Å²) < 4.78 is 27.6. The molecule has 0 aliphatic carbocycles. The van der Waals surface area contributed by atoms with Crippen LogP contribution in [0.4, 0.5) is 10.2 Å². The maximum absolute atomic E-state index is 14.0. The molecule has 1 N–H and O–H groups in total. The van der Waals surface area contributed by atoms with Gasteiger partial charge in [0, 0.05) is 16.4 Å². The highest BCUT2D eigenvalue weighted by Crippen LogP contribution is 2.32. The highest BCUT2D eigenvalue weighted by Gasteiger charge is 2.29. The Bertz CT molecular complexity index is 1090. The molecule has 1 amide bonds. The molecule has 0 spiro atoms. The van der Waals surface area contributed by atoms with Crippen LogP contribution in [0.5, 0.6) is 0 Å². The van der Waals surface area contributed by atoms with Gasteiger partial charge in [0.05, 0.1) is 28.5 Å². The van der Waals surface area contributed by atoms with Gasteiger partial charge in [0.1, 0.15) is 11.6 Å². The molecule has 1 aliphatic heterocycles. The van der Waals surface area contributed by atoms with Crippen LogP contribution in [0, 0.1) is 19.7 Å². The van der Waals surface area contributed by atoms with Gasteiger partial charge in [0.2, 0.25) is 0 Å². The molecule has 0 unspecified atom stereocenters. The average Bonchev–Trinajstić information content (AvgIpc) is 3.12. The molecular formula is C20H18FN3O2S. The Morgan fingerprint density at radius 2 is 1.96 bits per heavy atom. The fraction of sp³-hybridized carbons (Fsp3) is 0.200. The van der Waals surface area contributed by atoms with Crippen LogP contribution >= 0.6 is 0 Å². The van der Waals surface area contributed by atoms with Crippen molar-refractivity contribution in [1.82, 2.24) is 9.78 Å². The Labute approximate surface area is 158 Å². The first kappa shape index (κ1) is 17.6. The summed E-state index contributed by atoms with van der Waals surface area (Å²) >= 11 is 0. The number of hydrogen-bond donors (Lipinski definition) is 1. The van der Waals surface area contributed by atoms with E-state index in [1.165, 1.54) is 18.2 Å². The van der Waals surface area contributed by atoms with Gasteiger partial charge in [-0.1, -0.05) is 29.8 Å². The molecule has 4 rings (SSSR count). The van der Waals surface area contributed by atoms with Crippen LogP contribution < -0.4 is 5.32 Å². The molecule has 138 valence electrons. The quantitative estimate of drug-likeness (QED) is 0.751. The third-order valence-electron chi connectivity index (χ3n) is 4.60. The molecule has 1 aromatic heterocycles. The average molecular weight is 383 g/mol. The highest BCUT2D eigenvalue weighted by molar-refractivity contribution is 7.83. The van der Waals surface area contributed by atoms with Gasteiger partial charge >= 0.3 is 0 Å². The van der Waals surface area contributed by atoms with Crippen molar-refractivity contribution >= 4 is 22.5 Å². The van der Waals surface area contributed by atoms with Gasteiger partial charge in [-0.05, 0) is 37.6 Å². The second-order valence-corrected chi connectivity index (χ2v) is 8.10. The first-order chi connectivity index (χ1) is 12.9. The zero-order chi connectivity index (χ0) is 19.1. The zero-order valence-corrected chi connectivity index (χ0v) is 15.8. The van der Waals surface area contributed by atoms with Crippen molar-refractivity contribution in [2.45, 2.75) is 25.4 Å². The molecule has 0 bridgehead atoms. The predicted octanol–water partition coefficient (Wildman–Crippen LogP) is 3.64. The lowest BCUT2D eigenvalue weighted by atomic mass is 10.1. The lowest BCUT2D eigenvalue weighted by Gasteiger charge is -2.13. The number of nitrogens with zero attached hydrogens (tertiary/aromatic N) is 2. The summed E-state index contributed by atoms with van der Waals surface area (Å²) in [5.74, 6) is -0.00787. The first-order valence-electron chi connectivity index (χ1n) is 8.53. The van der Waals surface area contributed by atoms with Crippen molar-refractivity contribution in [3.8, 4) is 5.69 Å². The van der Waals surface area contributed by atoms with E-state index < -0.39 is 22.5 Å². The molecule has 5 nitrogen and oxygen atoms in total. The van der Waals surface area contributed by atoms with E-state index in [-0.39, 0.29) is 5.56 Å². The van der Waals surface area contributed by atoms with Crippen molar-refractivity contribution in [2.24, 2.45) is 0 Å². The van der Waals surface area contributed by atoms with Gasteiger partial charge < -0.3 is 5.32 Å².